The Morgan fingerprint density at radius 3 is 1.96 bits per heavy atom. The lowest BCUT2D eigenvalue weighted by Crippen LogP contribution is -2.15. The Morgan fingerprint density at radius 1 is 0.870 bits per heavy atom. The predicted octanol–water partition coefficient (Wildman–Crippen LogP) is 5.09. The van der Waals surface area contributed by atoms with Crippen molar-refractivity contribution in [2.75, 3.05) is 5.32 Å². The average Bonchev–Trinajstić information content (AvgIpc) is 3.22. The lowest BCUT2D eigenvalue weighted by atomic mass is 10.1. The van der Waals surface area contributed by atoms with Crippen LogP contribution in [-0.2, 0) is 4.79 Å². The highest BCUT2D eigenvalue weighted by molar-refractivity contribution is 5.94. The third kappa shape index (κ3) is 4.31. The van der Waals surface area contributed by atoms with Gasteiger partial charge in [0.25, 0.3) is 0 Å². The van der Waals surface area contributed by atoms with Crippen molar-refractivity contribution in [3.8, 4) is 0 Å². The van der Waals surface area contributed by atoms with Gasteiger partial charge in [0.1, 0.15) is 5.82 Å². The Labute approximate surface area is 137 Å². The predicted molar refractivity (Wildman–Crippen MR) is 91.5 cm³/mol. The number of hydrogen-bond donors (Lipinski definition) is 1. The first kappa shape index (κ1) is 16.0. The molecule has 2 atom stereocenters. The quantitative estimate of drug-likeness (QED) is 0.757. The number of nitrogens with one attached hydrogen (secondary N) is 1. The molecule has 3 heteroatoms. The largest absolute Gasteiger partial charge is 0.326 e. The van der Waals surface area contributed by atoms with Gasteiger partial charge in [-0.1, -0.05) is 24.3 Å². The lowest BCUT2D eigenvalue weighted by Gasteiger charge is -2.04. The summed E-state index contributed by atoms with van der Waals surface area (Å²) in [6.07, 6.45) is 15.5. The second-order valence-corrected chi connectivity index (χ2v) is 6.52. The topological polar surface area (TPSA) is 29.1 Å². The van der Waals surface area contributed by atoms with Gasteiger partial charge in [0.2, 0.25) is 5.91 Å². The molecule has 23 heavy (non-hydrogen) atoms. The molecule has 0 aromatic heterocycles. The van der Waals surface area contributed by atoms with E-state index in [0.717, 1.165) is 38.5 Å². The van der Waals surface area contributed by atoms with Crippen molar-refractivity contribution in [2.45, 2.75) is 38.5 Å². The zero-order valence-electron chi connectivity index (χ0n) is 13.4. The van der Waals surface area contributed by atoms with Gasteiger partial charge in [-0.25, -0.2) is 4.39 Å². The summed E-state index contributed by atoms with van der Waals surface area (Å²) in [7, 11) is 0. The van der Waals surface area contributed by atoms with Crippen molar-refractivity contribution in [3.05, 3.63) is 54.4 Å². The van der Waals surface area contributed by atoms with E-state index in [1.807, 2.05) is 0 Å². The Kier molecular flexibility index (Phi) is 5.27. The van der Waals surface area contributed by atoms with Crippen LogP contribution in [0.3, 0.4) is 0 Å². The summed E-state index contributed by atoms with van der Waals surface area (Å²) in [6.45, 7) is 0. The van der Waals surface area contributed by atoms with Crippen LogP contribution < -0.4 is 5.32 Å². The van der Waals surface area contributed by atoms with Gasteiger partial charge in [-0.3, -0.25) is 4.79 Å². The van der Waals surface area contributed by atoms with Gasteiger partial charge in [0, 0.05) is 11.6 Å². The zero-order chi connectivity index (χ0) is 16.1. The Morgan fingerprint density at radius 2 is 1.39 bits per heavy atom. The van der Waals surface area contributed by atoms with Crippen LogP contribution >= 0.6 is 0 Å². The molecule has 1 N–H and O–H groups in total. The van der Waals surface area contributed by atoms with Gasteiger partial charge in [-0.15, -0.1) is 0 Å². The molecule has 2 aliphatic carbocycles. The third-order valence-electron chi connectivity index (χ3n) is 4.91. The highest BCUT2D eigenvalue weighted by atomic mass is 19.1. The van der Waals surface area contributed by atoms with Crippen LogP contribution in [0.25, 0.3) is 0 Å². The zero-order valence-corrected chi connectivity index (χ0v) is 13.4. The number of amides is 1. The van der Waals surface area contributed by atoms with Crippen LogP contribution in [0.15, 0.2) is 48.6 Å². The molecule has 2 nitrogen and oxygen atoms in total. The molecule has 1 aromatic carbocycles. The molecular formula is C20H24FNO. The average molecular weight is 313 g/mol. The van der Waals surface area contributed by atoms with E-state index in [4.69, 9.17) is 0 Å². The summed E-state index contributed by atoms with van der Waals surface area (Å²) in [5.74, 6) is 0.909. The first-order valence-corrected chi connectivity index (χ1v) is 8.62. The number of rotatable bonds is 2. The highest BCUT2D eigenvalue weighted by Gasteiger charge is 2.52. The molecule has 2 unspecified atom stereocenters. The van der Waals surface area contributed by atoms with E-state index < -0.39 is 0 Å². The minimum absolute atomic E-state index is 0.0921. The monoisotopic (exact) mass is 313 g/mol. The van der Waals surface area contributed by atoms with Gasteiger partial charge in [0.05, 0.1) is 0 Å². The normalized spacial score (nSPS) is 27.4. The fourth-order valence-corrected chi connectivity index (χ4v) is 3.62. The van der Waals surface area contributed by atoms with E-state index in [9.17, 15) is 9.18 Å². The Hall–Kier alpha value is -1.90. The van der Waals surface area contributed by atoms with Crippen LogP contribution in [-0.4, -0.2) is 5.91 Å². The second kappa shape index (κ2) is 7.58. The van der Waals surface area contributed by atoms with Gasteiger partial charge in [0.15, 0.2) is 0 Å². The number of carbonyl (C=O) groups is 1. The van der Waals surface area contributed by atoms with E-state index in [-0.39, 0.29) is 17.6 Å². The minimum Gasteiger partial charge on any atom is -0.326 e. The van der Waals surface area contributed by atoms with E-state index in [2.05, 4.69) is 29.6 Å². The number of carbonyl (C=O) groups excluding carboxylic acids is 1. The Balaban J connectivity index is 1.60. The molecule has 1 amide bonds. The molecule has 0 heterocycles. The number of halogens is 1. The maximum atomic E-state index is 12.9. The maximum absolute atomic E-state index is 12.9. The van der Waals surface area contributed by atoms with Crippen molar-refractivity contribution >= 4 is 11.6 Å². The van der Waals surface area contributed by atoms with Gasteiger partial charge >= 0.3 is 0 Å². The number of hydrogen-bond acceptors (Lipinski definition) is 1. The first-order chi connectivity index (χ1) is 11.3. The molecular weight excluding hydrogens is 289 g/mol. The van der Waals surface area contributed by atoms with E-state index in [1.54, 1.807) is 12.1 Å². The molecule has 1 fully saturated rings. The molecule has 0 bridgehead atoms. The van der Waals surface area contributed by atoms with Crippen molar-refractivity contribution in [1.82, 2.24) is 0 Å². The van der Waals surface area contributed by atoms with Crippen LogP contribution in [0.2, 0.25) is 0 Å². The summed E-state index contributed by atoms with van der Waals surface area (Å²) in [6, 6.07) is 5.99. The van der Waals surface area contributed by atoms with E-state index in [1.165, 1.54) is 12.1 Å². The molecule has 0 saturated heterocycles. The van der Waals surface area contributed by atoms with Crippen LogP contribution in [0.5, 0.6) is 0 Å². The highest BCUT2D eigenvalue weighted by Crippen LogP contribution is 2.52. The minimum atomic E-state index is -0.283. The third-order valence-corrected chi connectivity index (χ3v) is 4.91. The van der Waals surface area contributed by atoms with Crippen molar-refractivity contribution in [1.29, 1.82) is 0 Å². The summed E-state index contributed by atoms with van der Waals surface area (Å²) >= 11 is 0. The van der Waals surface area contributed by atoms with Gasteiger partial charge < -0.3 is 5.32 Å². The smallest absolute Gasteiger partial charge is 0.228 e. The molecule has 1 saturated carbocycles. The summed E-state index contributed by atoms with van der Waals surface area (Å²) < 4.78 is 12.9. The van der Waals surface area contributed by atoms with Crippen LogP contribution in [0.1, 0.15) is 38.5 Å². The SMILES string of the molecule is O=C(Nc1ccc(F)cc1)C1C2CCC=CCCC=CCCC21. The van der Waals surface area contributed by atoms with Crippen molar-refractivity contribution < 1.29 is 9.18 Å². The molecule has 122 valence electrons. The molecule has 0 spiro atoms. The second-order valence-electron chi connectivity index (χ2n) is 6.52. The number of allylic oxidation sites excluding steroid dienone is 4. The number of fused-ring (bicyclic) bond motifs is 1. The van der Waals surface area contributed by atoms with Crippen molar-refractivity contribution in [2.24, 2.45) is 17.8 Å². The standard InChI is InChI=1S/C20H24FNO/c21-15-11-13-16(14-12-15)22-20(23)19-17-9-7-5-3-1-2-4-6-8-10-18(17)19/h3-6,11-14,17-19H,1-2,7-10H2,(H,22,23). The molecule has 1 aromatic rings. The summed E-state index contributed by atoms with van der Waals surface area (Å²) in [5, 5.41) is 2.94. The molecule has 2 aliphatic rings. The summed E-state index contributed by atoms with van der Waals surface area (Å²) in [4.78, 5) is 12.5. The Bertz CT molecular complexity index is 566. The molecule has 0 radical (unpaired) electrons. The van der Waals surface area contributed by atoms with Crippen LogP contribution in [0.4, 0.5) is 10.1 Å². The van der Waals surface area contributed by atoms with Gasteiger partial charge in [-0.2, -0.15) is 0 Å². The van der Waals surface area contributed by atoms with E-state index in [0.29, 0.717) is 17.5 Å². The first-order valence-electron chi connectivity index (χ1n) is 8.62. The lowest BCUT2D eigenvalue weighted by molar-refractivity contribution is -0.117. The molecule has 0 aliphatic heterocycles. The van der Waals surface area contributed by atoms with Gasteiger partial charge in [-0.05, 0) is 74.6 Å². The fourth-order valence-electron chi connectivity index (χ4n) is 3.62. The maximum Gasteiger partial charge on any atom is 0.228 e. The van der Waals surface area contributed by atoms with Crippen molar-refractivity contribution in [3.63, 3.8) is 0 Å². The number of anilines is 1. The fraction of sp³-hybridized carbons (Fsp3) is 0.450. The van der Waals surface area contributed by atoms with Crippen LogP contribution in [0, 0.1) is 23.6 Å². The molecule has 3 rings (SSSR count). The van der Waals surface area contributed by atoms with E-state index >= 15 is 0 Å². The summed E-state index contributed by atoms with van der Waals surface area (Å²) in [5.41, 5.74) is 0.679. The number of benzene rings is 1.